The molecule has 0 saturated heterocycles. The van der Waals surface area contributed by atoms with Gasteiger partial charge in [-0.1, -0.05) is 47.7 Å². The van der Waals surface area contributed by atoms with Gasteiger partial charge in [0.2, 0.25) is 0 Å². The second kappa shape index (κ2) is 7.50. The van der Waals surface area contributed by atoms with E-state index in [1.165, 1.54) is 26.5 Å². The Morgan fingerprint density at radius 1 is 0.708 bits per heavy atom. The summed E-state index contributed by atoms with van der Waals surface area (Å²) in [4.78, 5) is 7.07. The number of hydrogen-bond donors (Lipinski definition) is 0. The lowest BCUT2D eigenvalue weighted by Gasteiger charge is -2.03. The zero-order valence-corrected chi connectivity index (χ0v) is 15.1. The van der Waals surface area contributed by atoms with Crippen LogP contribution in [0.4, 0.5) is 5.69 Å². The van der Waals surface area contributed by atoms with Crippen molar-refractivity contribution in [3.63, 3.8) is 0 Å². The van der Waals surface area contributed by atoms with E-state index >= 15 is 0 Å². The van der Waals surface area contributed by atoms with E-state index in [-0.39, 0.29) is 0 Å². The molecule has 24 heavy (non-hydrogen) atoms. The second-order valence-electron chi connectivity index (χ2n) is 6.01. The molecule has 0 spiro atoms. The second-order valence-corrected chi connectivity index (χ2v) is 7.16. The molecule has 0 aliphatic rings. The third-order valence-electron chi connectivity index (χ3n) is 3.99. The van der Waals surface area contributed by atoms with Crippen molar-refractivity contribution in [3.8, 4) is 0 Å². The number of aliphatic imine (C=N–C) groups is 1. The third kappa shape index (κ3) is 4.36. The Hall–Kier alpha value is -2.32. The smallest absolute Gasteiger partial charge is 0.0632 e. The van der Waals surface area contributed by atoms with Crippen molar-refractivity contribution >= 4 is 23.7 Å². The lowest BCUT2D eigenvalue weighted by atomic mass is 10.1. The minimum absolute atomic E-state index is 0.996. The number of nitrogens with zero attached hydrogens (tertiary/aromatic N) is 1. The maximum atomic E-state index is 4.57. The van der Waals surface area contributed by atoms with Crippen molar-refractivity contribution in [1.82, 2.24) is 0 Å². The SMILES string of the molecule is Cc1ccc(Sc2ccc(C=Nc3ccc(C)c(C)c3)cc2)cc1. The quantitative estimate of drug-likeness (QED) is 0.496. The standard InChI is InChI=1S/C22H21NS/c1-16-4-10-21(11-5-16)24-22-12-7-19(8-13-22)15-23-20-9-6-17(2)18(3)14-20/h4-15H,1-3H3. The van der Waals surface area contributed by atoms with Crippen molar-refractivity contribution in [3.05, 3.63) is 89.0 Å². The monoisotopic (exact) mass is 331 g/mol. The van der Waals surface area contributed by atoms with Gasteiger partial charge in [0, 0.05) is 16.0 Å². The molecule has 3 aromatic carbocycles. The van der Waals surface area contributed by atoms with Crippen LogP contribution in [0, 0.1) is 20.8 Å². The van der Waals surface area contributed by atoms with Crippen LogP contribution in [0.1, 0.15) is 22.3 Å². The molecule has 0 atom stereocenters. The highest BCUT2D eigenvalue weighted by molar-refractivity contribution is 7.99. The van der Waals surface area contributed by atoms with Crippen LogP contribution in [-0.4, -0.2) is 6.21 Å². The first-order valence-electron chi connectivity index (χ1n) is 8.06. The highest BCUT2D eigenvalue weighted by Crippen LogP contribution is 2.27. The van der Waals surface area contributed by atoms with E-state index in [4.69, 9.17) is 0 Å². The largest absolute Gasteiger partial charge is 0.256 e. The summed E-state index contributed by atoms with van der Waals surface area (Å²) in [5, 5.41) is 0. The number of hydrogen-bond acceptors (Lipinski definition) is 2. The van der Waals surface area contributed by atoms with Gasteiger partial charge < -0.3 is 0 Å². The fraction of sp³-hybridized carbons (Fsp3) is 0.136. The molecule has 0 aromatic heterocycles. The predicted octanol–water partition coefficient (Wildman–Crippen LogP) is 6.51. The molecule has 0 aliphatic heterocycles. The molecular weight excluding hydrogens is 310 g/mol. The molecule has 3 rings (SSSR count). The van der Waals surface area contributed by atoms with E-state index in [0.717, 1.165) is 11.3 Å². The van der Waals surface area contributed by atoms with Gasteiger partial charge in [-0.2, -0.15) is 0 Å². The minimum atomic E-state index is 0.996. The van der Waals surface area contributed by atoms with Gasteiger partial charge in [0.05, 0.1) is 5.69 Å². The van der Waals surface area contributed by atoms with Crippen LogP contribution in [0.25, 0.3) is 0 Å². The summed E-state index contributed by atoms with van der Waals surface area (Å²) < 4.78 is 0. The van der Waals surface area contributed by atoms with Crippen LogP contribution in [-0.2, 0) is 0 Å². The number of rotatable bonds is 4. The summed E-state index contributed by atoms with van der Waals surface area (Å²) in [5.74, 6) is 0. The van der Waals surface area contributed by atoms with Gasteiger partial charge in [-0.3, -0.25) is 4.99 Å². The molecule has 0 heterocycles. The highest BCUT2D eigenvalue weighted by atomic mass is 32.2. The highest BCUT2D eigenvalue weighted by Gasteiger charge is 1.98. The molecule has 2 heteroatoms. The van der Waals surface area contributed by atoms with E-state index in [2.05, 4.69) is 92.5 Å². The molecule has 0 saturated carbocycles. The van der Waals surface area contributed by atoms with E-state index in [1.807, 2.05) is 6.21 Å². The van der Waals surface area contributed by atoms with Gasteiger partial charge in [-0.25, -0.2) is 0 Å². The lowest BCUT2D eigenvalue weighted by molar-refractivity contribution is 1.33. The Labute approximate surface area is 148 Å². The first kappa shape index (κ1) is 16.5. The molecule has 1 nitrogen and oxygen atoms in total. The summed E-state index contributed by atoms with van der Waals surface area (Å²) >= 11 is 1.78. The summed E-state index contributed by atoms with van der Waals surface area (Å²) in [6.07, 6.45) is 1.92. The van der Waals surface area contributed by atoms with Crippen molar-refractivity contribution in [1.29, 1.82) is 0 Å². The Kier molecular flexibility index (Phi) is 5.17. The molecule has 0 aliphatic carbocycles. The van der Waals surface area contributed by atoms with Crippen LogP contribution in [0.2, 0.25) is 0 Å². The number of benzene rings is 3. The first-order valence-corrected chi connectivity index (χ1v) is 8.88. The zero-order chi connectivity index (χ0) is 16.9. The van der Waals surface area contributed by atoms with E-state index < -0.39 is 0 Å². The molecule has 0 radical (unpaired) electrons. The predicted molar refractivity (Wildman–Crippen MR) is 105 cm³/mol. The van der Waals surface area contributed by atoms with Crippen LogP contribution in [0.3, 0.4) is 0 Å². The van der Waals surface area contributed by atoms with Gasteiger partial charge in [-0.05, 0) is 73.9 Å². The van der Waals surface area contributed by atoms with Crippen LogP contribution < -0.4 is 0 Å². The fourth-order valence-electron chi connectivity index (χ4n) is 2.32. The van der Waals surface area contributed by atoms with Crippen molar-refractivity contribution in [2.75, 3.05) is 0 Å². The van der Waals surface area contributed by atoms with Gasteiger partial charge in [0.15, 0.2) is 0 Å². The summed E-state index contributed by atoms with van der Waals surface area (Å²) in [6, 6.07) is 23.4. The Morgan fingerprint density at radius 3 is 1.96 bits per heavy atom. The average Bonchev–Trinajstić information content (AvgIpc) is 2.59. The van der Waals surface area contributed by atoms with Gasteiger partial charge in [0.25, 0.3) is 0 Å². The van der Waals surface area contributed by atoms with Crippen molar-refractivity contribution in [2.45, 2.75) is 30.6 Å². The first-order chi connectivity index (χ1) is 11.6. The molecule has 3 aromatic rings. The van der Waals surface area contributed by atoms with Crippen molar-refractivity contribution in [2.24, 2.45) is 4.99 Å². The Morgan fingerprint density at radius 2 is 1.33 bits per heavy atom. The average molecular weight is 331 g/mol. The van der Waals surface area contributed by atoms with Crippen LogP contribution in [0.5, 0.6) is 0 Å². The molecule has 0 unspecified atom stereocenters. The molecule has 0 N–H and O–H groups in total. The van der Waals surface area contributed by atoms with Gasteiger partial charge in [-0.15, -0.1) is 0 Å². The summed E-state index contributed by atoms with van der Waals surface area (Å²) in [6.45, 7) is 6.34. The zero-order valence-electron chi connectivity index (χ0n) is 14.3. The summed E-state index contributed by atoms with van der Waals surface area (Å²) in [5.41, 5.74) is 5.97. The summed E-state index contributed by atoms with van der Waals surface area (Å²) in [7, 11) is 0. The third-order valence-corrected chi connectivity index (χ3v) is 5.01. The van der Waals surface area contributed by atoms with Crippen LogP contribution >= 0.6 is 11.8 Å². The van der Waals surface area contributed by atoms with Gasteiger partial charge in [0.1, 0.15) is 0 Å². The fourth-order valence-corrected chi connectivity index (χ4v) is 3.14. The lowest BCUT2D eigenvalue weighted by Crippen LogP contribution is -1.82. The topological polar surface area (TPSA) is 12.4 Å². The Balaban J connectivity index is 1.68. The molecule has 0 amide bonds. The molecule has 120 valence electrons. The van der Waals surface area contributed by atoms with Gasteiger partial charge >= 0.3 is 0 Å². The minimum Gasteiger partial charge on any atom is -0.256 e. The Bertz CT molecular complexity index is 846. The van der Waals surface area contributed by atoms with Crippen LogP contribution in [0.15, 0.2) is 81.5 Å². The number of aryl methyl sites for hydroxylation is 3. The van der Waals surface area contributed by atoms with E-state index in [0.29, 0.717) is 0 Å². The van der Waals surface area contributed by atoms with E-state index in [1.54, 1.807) is 11.8 Å². The maximum absolute atomic E-state index is 4.57. The van der Waals surface area contributed by atoms with Crippen molar-refractivity contribution < 1.29 is 0 Å². The molecular formula is C22H21NS. The molecule has 0 bridgehead atoms. The molecule has 0 fully saturated rings. The van der Waals surface area contributed by atoms with E-state index in [9.17, 15) is 0 Å². The normalized spacial score (nSPS) is 11.1. The maximum Gasteiger partial charge on any atom is 0.0632 e.